The molecule has 1 amide bonds. The SMILES string of the molecule is CCOc1ccccc1NC(=O)OC(C)C. The molecule has 0 saturated heterocycles. The quantitative estimate of drug-likeness (QED) is 0.853. The van der Waals surface area contributed by atoms with E-state index in [9.17, 15) is 4.79 Å². The van der Waals surface area contributed by atoms with Crippen molar-refractivity contribution in [1.29, 1.82) is 0 Å². The minimum atomic E-state index is -0.470. The van der Waals surface area contributed by atoms with Gasteiger partial charge in [0.2, 0.25) is 0 Å². The van der Waals surface area contributed by atoms with Crippen LogP contribution in [0.2, 0.25) is 0 Å². The first kappa shape index (κ1) is 12.4. The third kappa shape index (κ3) is 3.81. The number of nitrogens with one attached hydrogen (secondary N) is 1. The molecule has 4 heteroatoms. The number of hydrogen-bond donors (Lipinski definition) is 1. The van der Waals surface area contributed by atoms with Crippen LogP contribution >= 0.6 is 0 Å². The van der Waals surface area contributed by atoms with Crippen molar-refractivity contribution < 1.29 is 14.3 Å². The van der Waals surface area contributed by atoms with Gasteiger partial charge in [-0.2, -0.15) is 0 Å². The number of hydrogen-bond acceptors (Lipinski definition) is 3. The number of anilines is 1. The van der Waals surface area contributed by atoms with E-state index in [1.54, 1.807) is 26.0 Å². The summed E-state index contributed by atoms with van der Waals surface area (Å²) >= 11 is 0. The van der Waals surface area contributed by atoms with Gasteiger partial charge in [-0.3, -0.25) is 5.32 Å². The number of ether oxygens (including phenoxy) is 2. The summed E-state index contributed by atoms with van der Waals surface area (Å²) < 4.78 is 10.4. The Hall–Kier alpha value is -1.71. The third-order valence-corrected chi connectivity index (χ3v) is 1.77. The van der Waals surface area contributed by atoms with Crippen LogP contribution in [0.1, 0.15) is 20.8 Å². The standard InChI is InChI=1S/C12H17NO3/c1-4-15-11-8-6-5-7-10(11)13-12(14)16-9(2)3/h5-9H,4H2,1-3H3,(H,13,14). The van der Waals surface area contributed by atoms with E-state index in [1.165, 1.54) is 0 Å². The second kappa shape index (κ2) is 6.00. The summed E-state index contributed by atoms with van der Waals surface area (Å²) in [5.41, 5.74) is 0.620. The van der Waals surface area contributed by atoms with Gasteiger partial charge in [0.15, 0.2) is 0 Å². The highest BCUT2D eigenvalue weighted by Gasteiger charge is 2.08. The van der Waals surface area contributed by atoms with Gasteiger partial charge in [0.05, 0.1) is 18.4 Å². The molecule has 0 aliphatic carbocycles. The molecule has 0 aliphatic heterocycles. The Morgan fingerprint density at radius 2 is 2.06 bits per heavy atom. The van der Waals surface area contributed by atoms with Gasteiger partial charge in [-0.05, 0) is 32.9 Å². The normalized spacial score (nSPS) is 10.0. The van der Waals surface area contributed by atoms with Gasteiger partial charge >= 0.3 is 6.09 Å². The van der Waals surface area contributed by atoms with E-state index in [2.05, 4.69) is 5.32 Å². The van der Waals surface area contributed by atoms with E-state index in [1.807, 2.05) is 19.1 Å². The van der Waals surface area contributed by atoms with Crippen LogP contribution in [0.5, 0.6) is 5.75 Å². The minimum absolute atomic E-state index is 0.140. The Morgan fingerprint density at radius 3 is 2.69 bits per heavy atom. The highest BCUT2D eigenvalue weighted by Crippen LogP contribution is 2.23. The van der Waals surface area contributed by atoms with Gasteiger partial charge in [-0.15, -0.1) is 0 Å². The molecule has 0 spiro atoms. The second-order valence-corrected chi connectivity index (χ2v) is 3.51. The van der Waals surface area contributed by atoms with Crippen molar-refractivity contribution in [2.24, 2.45) is 0 Å². The molecule has 0 atom stereocenters. The average molecular weight is 223 g/mol. The van der Waals surface area contributed by atoms with Gasteiger partial charge in [0.25, 0.3) is 0 Å². The molecule has 0 radical (unpaired) electrons. The molecule has 0 aromatic heterocycles. The molecule has 0 heterocycles. The fourth-order valence-electron chi connectivity index (χ4n) is 1.20. The largest absolute Gasteiger partial charge is 0.492 e. The molecular weight excluding hydrogens is 206 g/mol. The first-order valence-electron chi connectivity index (χ1n) is 5.33. The summed E-state index contributed by atoms with van der Waals surface area (Å²) in [5, 5.41) is 2.64. The summed E-state index contributed by atoms with van der Waals surface area (Å²) in [6.07, 6.45) is -0.610. The Bertz CT molecular complexity index is 350. The zero-order valence-electron chi connectivity index (χ0n) is 9.82. The zero-order valence-corrected chi connectivity index (χ0v) is 9.82. The highest BCUT2D eigenvalue weighted by molar-refractivity contribution is 5.86. The van der Waals surface area contributed by atoms with Gasteiger partial charge < -0.3 is 9.47 Å². The molecular formula is C12H17NO3. The summed E-state index contributed by atoms with van der Waals surface area (Å²) in [6, 6.07) is 7.25. The fourth-order valence-corrected chi connectivity index (χ4v) is 1.20. The summed E-state index contributed by atoms with van der Waals surface area (Å²) in [7, 11) is 0. The molecule has 88 valence electrons. The average Bonchev–Trinajstić information content (AvgIpc) is 2.20. The molecule has 1 N–H and O–H groups in total. The van der Waals surface area contributed by atoms with Crippen molar-refractivity contribution in [2.45, 2.75) is 26.9 Å². The summed E-state index contributed by atoms with van der Waals surface area (Å²) in [6.45, 7) is 6.04. The van der Waals surface area contributed by atoms with E-state index in [4.69, 9.17) is 9.47 Å². The van der Waals surface area contributed by atoms with Gasteiger partial charge in [-0.25, -0.2) is 4.79 Å². The van der Waals surface area contributed by atoms with Crippen LogP contribution < -0.4 is 10.1 Å². The van der Waals surface area contributed by atoms with E-state index in [-0.39, 0.29) is 6.10 Å². The molecule has 1 aromatic rings. The van der Waals surface area contributed by atoms with Crippen molar-refractivity contribution in [3.05, 3.63) is 24.3 Å². The maximum Gasteiger partial charge on any atom is 0.411 e. The van der Waals surface area contributed by atoms with E-state index < -0.39 is 6.09 Å². The molecule has 0 aliphatic rings. The van der Waals surface area contributed by atoms with Crippen LogP contribution in [-0.4, -0.2) is 18.8 Å². The predicted molar refractivity (Wildman–Crippen MR) is 62.9 cm³/mol. The van der Waals surface area contributed by atoms with Gasteiger partial charge in [-0.1, -0.05) is 12.1 Å². The number of carbonyl (C=O) groups excluding carboxylic acids is 1. The van der Waals surface area contributed by atoms with Crippen molar-refractivity contribution in [3.63, 3.8) is 0 Å². The molecule has 0 saturated carbocycles. The van der Waals surface area contributed by atoms with Crippen LogP contribution in [-0.2, 0) is 4.74 Å². The lowest BCUT2D eigenvalue weighted by atomic mass is 10.3. The number of para-hydroxylation sites is 2. The fraction of sp³-hybridized carbons (Fsp3) is 0.417. The lowest BCUT2D eigenvalue weighted by Crippen LogP contribution is -2.18. The minimum Gasteiger partial charge on any atom is -0.492 e. The highest BCUT2D eigenvalue weighted by atomic mass is 16.6. The monoisotopic (exact) mass is 223 g/mol. The van der Waals surface area contributed by atoms with Crippen LogP contribution in [0.15, 0.2) is 24.3 Å². The molecule has 1 rings (SSSR count). The molecule has 1 aromatic carbocycles. The smallest absolute Gasteiger partial charge is 0.411 e. The lowest BCUT2D eigenvalue weighted by Gasteiger charge is -2.12. The first-order chi connectivity index (χ1) is 7.63. The summed E-state index contributed by atoms with van der Waals surface area (Å²) in [4.78, 5) is 11.4. The van der Waals surface area contributed by atoms with Gasteiger partial charge in [0.1, 0.15) is 5.75 Å². The Kier molecular flexibility index (Phi) is 4.64. The zero-order chi connectivity index (χ0) is 12.0. The van der Waals surface area contributed by atoms with E-state index >= 15 is 0 Å². The van der Waals surface area contributed by atoms with Crippen LogP contribution in [0, 0.1) is 0 Å². The Labute approximate surface area is 95.6 Å². The lowest BCUT2D eigenvalue weighted by molar-refractivity contribution is 0.130. The third-order valence-electron chi connectivity index (χ3n) is 1.77. The Balaban J connectivity index is 2.68. The molecule has 0 bridgehead atoms. The van der Waals surface area contributed by atoms with Crippen molar-refractivity contribution >= 4 is 11.8 Å². The summed E-state index contributed by atoms with van der Waals surface area (Å²) in [5.74, 6) is 0.644. The van der Waals surface area contributed by atoms with Crippen LogP contribution in [0.25, 0.3) is 0 Å². The Morgan fingerprint density at radius 1 is 1.38 bits per heavy atom. The maximum atomic E-state index is 11.4. The van der Waals surface area contributed by atoms with Crippen molar-refractivity contribution in [1.82, 2.24) is 0 Å². The van der Waals surface area contributed by atoms with E-state index in [0.717, 1.165) is 0 Å². The molecule has 0 fully saturated rings. The topological polar surface area (TPSA) is 47.6 Å². The maximum absolute atomic E-state index is 11.4. The van der Waals surface area contributed by atoms with Gasteiger partial charge in [0, 0.05) is 0 Å². The molecule has 16 heavy (non-hydrogen) atoms. The van der Waals surface area contributed by atoms with Crippen molar-refractivity contribution in [2.75, 3.05) is 11.9 Å². The number of benzene rings is 1. The first-order valence-corrected chi connectivity index (χ1v) is 5.33. The van der Waals surface area contributed by atoms with Crippen LogP contribution in [0.4, 0.5) is 10.5 Å². The second-order valence-electron chi connectivity index (χ2n) is 3.51. The van der Waals surface area contributed by atoms with Crippen molar-refractivity contribution in [3.8, 4) is 5.75 Å². The predicted octanol–water partition coefficient (Wildman–Crippen LogP) is 3.04. The van der Waals surface area contributed by atoms with Crippen LogP contribution in [0.3, 0.4) is 0 Å². The molecule has 0 unspecified atom stereocenters. The number of rotatable bonds is 4. The number of carbonyl (C=O) groups is 1. The number of amides is 1. The van der Waals surface area contributed by atoms with E-state index in [0.29, 0.717) is 18.0 Å². The molecule has 4 nitrogen and oxygen atoms in total.